The first-order valence-corrected chi connectivity index (χ1v) is 12.3. The summed E-state index contributed by atoms with van der Waals surface area (Å²) >= 11 is 0. The van der Waals surface area contributed by atoms with Crippen molar-refractivity contribution in [3.05, 3.63) is 78.1 Å². The average Bonchev–Trinajstić information content (AvgIpc) is 2.76. The standard InChI is InChI=1S/C24H39N.C5H8.C2H4O/c1-9-11-12-23(15-13-19(5)10-2)22(8)25(18(3)4)24-16-14-20(6)21(7)17-24;1-4-5(2)3;1-2-3/h10,14,16-17,22-23H,3,9,11-13,15H2,1-2,4-8H3;4H,1-2H2,3H3;2H,1H3/b19-10+;;. The molecule has 0 saturated carbocycles. The summed E-state index contributed by atoms with van der Waals surface area (Å²) in [4.78, 5) is 11.3. The lowest BCUT2D eigenvalue weighted by Gasteiger charge is -2.37. The fourth-order valence-corrected chi connectivity index (χ4v) is 3.54. The normalized spacial score (nSPS) is 12.2. The predicted octanol–water partition coefficient (Wildman–Crippen LogP) is 9.54. The minimum Gasteiger partial charge on any atom is -0.343 e. The monoisotopic (exact) mass is 453 g/mol. The lowest BCUT2D eigenvalue weighted by atomic mass is 9.87. The number of nitrogens with zero attached hydrogens (tertiary/aromatic N) is 1. The van der Waals surface area contributed by atoms with Crippen molar-refractivity contribution in [2.24, 2.45) is 5.92 Å². The number of carbonyl (C=O) groups is 1. The van der Waals surface area contributed by atoms with Crippen LogP contribution in [0.3, 0.4) is 0 Å². The molecule has 2 atom stereocenters. The van der Waals surface area contributed by atoms with Gasteiger partial charge in [0.2, 0.25) is 0 Å². The van der Waals surface area contributed by atoms with Crippen LogP contribution in [-0.2, 0) is 4.79 Å². The number of allylic oxidation sites excluding steroid dienone is 5. The number of rotatable bonds is 11. The maximum atomic E-state index is 8.81. The van der Waals surface area contributed by atoms with E-state index in [1.54, 1.807) is 6.08 Å². The van der Waals surface area contributed by atoms with Crippen LogP contribution in [0.2, 0.25) is 0 Å². The number of hydrogen-bond acceptors (Lipinski definition) is 2. The van der Waals surface area contributed by atoms with Crippen molar-refractivity contribution in [3.8, 4) is 0 Å². The van der Waals surface area contributed by atoms with E-state index in [9.17, 15) is 0 Å². The first kappa shape index (κ1) is 32.8. The number of aryl methyl sites for hydroxylation is 2. The molecule has 1 aromatic carbocycles. The number of anilines is 1. The largest absolute Gasteiger partial charge is 0.343 e. The number of unbranched alkanes of at least 4 members (excludes halogenated alkanes) is 1. The molecule has 0 aliphatic rings. The van der Waals surface area contributed by atoms with Crippen LogP contribution < -0.4 is 4.90 Å². The third-order valence-electron chi connectivity index (χ3n) is 5.95. The molecule has 0 radical (unpaired) electrons. The molecule has 0 aliphatic carbocycles. The first-order chi connectivity index (χ1) is 15.5. The molecule has 1 rings (SSSR count). The molecule has 0 bridgehead atoms. The molecule has 0 aliphatic heterocycles. The SMILES string of the molecule is C=C(C)N(c1ccc(C)c(C)c1)C(C)C(CCCC)CC/C(C)=C/C.C=CC(=C)C.CC=O. The van der Waals surface area contributed by atoms with E-state index < -0.39 is 0 Å². The van der Waals surface area contributed by atoms with Crippen LogP contribution >= 0.6 is 0 Å². The molecule has 33 heavy (non-hydrogen) atoms. The Bertz CT molecular complexity index is 756. The highest BCUT2D eigenvalue weighted by Crippen LogP contribution is 2.31. The Labute approximate surface area is 206 Å². The van der Waals surface area contributed by atoms with Gasteiger partial charge in [0.25, 0.3) is 0 Å². The number of carbonyl (C=O) groups excluding carboxylic acids is 1. The van der Waals surface area contributed by atoms with E-state index in [0.29, 0.717) is 12.0 Å². The third-order valence-corrected chi connectivity index (χ3v) is 5.95. The van der Waals surface area contributed by atoms with E-state index in [1.807, 2.05) is 6.92 Å². The molecular weight excluding hydrogens is 402 g/mol. The van der Waals surface area contributed by atoms with E-state index in [1.165, 1.54) is 61.4 Å². The van der Waals surface area contributed by atoms with Gasteiger partial charge in [0.1, 0.15) is 6.29 Å². The fraction of sp³-hybridized carbons (Fsp3) is 0.516. The lowest BCUT2D eigenvalue weighted by Crippen LogP contribution is -2.37. The molecule has 2 nitrogen and oxygen atoms in total. The molecule has 0 spiro atoms. The van der Waals surface area contributed by atoms with Crippen molar-refractivity contribution in [2.45, 2.75) is 100 Å². The van der Waals surface area contributed by atoms with E-state index in [4.69, 9.17) is 4.79 Å². The molecule has 0 saturated heterocycles. The van der Waals surface area contributed by atoms with Gasteiger partial charge in [-0.15, -0.1) is 0 Å². The molecule has 2 heteroatoms. The van der Waals surface area contributed by atoms with E-state index in [-0.39, 0.29) is 0 Å². The summed E-state index contributed by atoms with van der Waals surface area (Å²) in [6, 6.07) is 7.27. The van der Waals surface area contributed by atoms with Gasteiger partial charge < -0.3 is 9.69 Å². The van der Waals surface area contributed by atoms with Crippen molar-refractivity contribution in [2.75, 3.05) is 4.90 Å². The zero-order valence-corrected chi connectivity index (χ0v) is 23.1. The van der Waals surface area contributed by atoms with Crippen molar-refractivity contribution in [3.63, 3.8) is 0 Å². The van der Waals surface area contributed by atoms with Crippen LogP contribution in [0.5, 0.6) is 0 Å². The highest BCUT2D eigenvalue weighted by molar-refractivity contribution is 5.55. The van der Waals surface area contributed by atoms with Crippen LogP contribution in [0.15, 0.2) is 66.9 Å². The minimum absolute atomic E-state index is 0.468. The summed E-state index contributed by atoms with van der Waals surface area (Å²) in [5.74, 6) is 0.688. The van der Waals surface area contributed by atoms with Gasteiger partial charge in [-0.2, -0.15) is 0 Å². The quantitative estimate of drug-likeness (QED) is 0.189. The van der Waals surface area contributed by atoms with E-state index in [0.717, 1.165) is 17.6 Å². The van der Waals surface area contributed by atoms with Crippen LogP contribution in [0, 0.1) is 19.8 Å². The van der Waals surface area contributed by atoms with Crippen molar-refractivity contribution >= 4 is 12.0 Å². The average molecular weight is 454 g/mol. The molecule has 0 amide bonds. The third kappa shape index (κ3) is 14.4. The highest BCUT2D eigenvalue weighted by Gasteiger charge is 2.24. The molecule has 0 heterocycles. The molecule has 1 aromatic rings. The number of benzene rings is 1. The molecule has 0 fully saturated rings. The van der Waals surface area contributed by atoms with E-state index in [2.05, 4.69) is 97.4 Å². The Morgan fingerprint density at radius 3 is 2.00 bits per heavy atom. The second kappa shape index (κ2) is 19.1. The Morgan fingerprint density at radius 1 is 1.06 bits per heavy atom. The predicted molar refractivity (Wildman–Crippen MR) is 151 cm³/mol. The smallest absolute Gasteiger partial charge is 0.116 e. The summed E-state index contributed by atoms with van der Waals surface area (Å²) in [6.07, 6.45) is 11.0. The second-order valence-corrected chi connectivity index (χ2v) is 8.98. The number of hydrogen-bond donors (Lipinski definition) is 0. The Hall–Kier alpha value is -2.35. The zero-order chi connectivity index (χ0) is 26.0. The van der Waals surface area contributed by atoms with Crippen LogP contribution in [-0.4, -0.2) is 12.3 Å². The maximum Gasteiger partial charge on any atom is 0.116 e. The first-order valence-electron chi connectivity index (χ1n) is 12.3. The van der Waals surface area contributed by atoms with Gasteiger partial charge in [0, 0.05) is 17.4 Å². The summed E-state index contributed by atoms with van der Waals surface area (Å²) < 4.78 is 0. The Balaban J connectivity index is 0. The molecular formula is C31H51NO. The van der Waals surface area contributed by atoms with Gasteiger partial charge >= 0.3 is 0 Å². The fourth-order valence-electron chi connectivity index (χ4n) is 3.54. The van der Waals surface area contributed by atoms with Gasteiger partial charge in [-0.1, -0.05) is 68.9 Å². The zero-order valence-electron chi connectivity index (χ0n) is 23.1. The minimum atomic E-state index is 0.468. The van der Waals surface area contributed by atoms with Gasteiger partial charge in [0.15, 0.2) is 0 Å². The van der Waals surface area contributed by atoms with Gasteiger partial charge in [-0.05, 0) is 104 Å². The van der Waals surface area contributed by atoms with Gasteiger partial charge in [0.05, 0.1) is 0 Å². The van der Waals surface area contributed by atoms with Crippen molar-refractivity contribution in [1.29, 1.82) is 0 Å². The van der Waals surface area contributed by atoms with Crippen LogP contribution in [0.25, 0.3) is 0 Å². The highest BCUT2D eigenvalue weighted by atomic mass is 16.1. The topological polar surface area (TPSA) is 20.3 Å². The lowest BCUT2D eigenvalue weighted by molar-refractivity contribution is -0.106. The molecule has 186 valence electrons. The summed E-state index contributed by atoms with van der Waals surface area (Å²) in [6.45, 7) is 30.3. The Kier molecular flexibility index (Phi) is 19.0. The summed E-state index contributed by atoms with van der Waals surface area (Å²) in [5.41, 5.74) is 7.65. The summed E-state index contributed by atoms with van der Waals surface area (Å²) in [5, 5.41) is 0. The Morgan fingerprint density at radius 2 is 1.61 bits per heavy atom. The molecule has 2 unspecified atom stereocenters. The van der Waals surface area contributed by atoms with E-state index >= 15 is 0 Å². The van der Waals surface area contributed by atoms with Crippen LogP contribution in [0.4, 0.5) is 5.69 Å². The molecule has 0 aromatic heterocycles. The molecule has 0 N–H and O–H groups in total. The second-order valence-electron chi connectivity index (χ2n) is 8.98. The maximum absolute atomic E-state index is 8.81. The number of aldehydes is 1. The van der Waals surface area contributed by atoms with Gasteiger partial charge in [-0.25, -0.2) is 0 Å². The summed E-state index contributed by atoms with van der Waals surface area (Å²) in [7, 11) is 0. The van der Waals surface area contributed by atoms with Crippen LogP contribution in [0.1, 0.15) is 91.7 Å². The van der Waals surface area contributed by atoms with Gasteiger partial charge in [-0.3, -0.25) is 0 Å². The van der Waals surface area contributed by atoms with Crippen molar-refractivity contribution < 1.29 is 4.79 Å². The van der Waals surface area contributed by atoms with Crippen molar-refractivity contribution in [1.82, 2.24) is 0 Å².